The maximum Gasteiger partial charge on any atom is 0.513 e. The van der Waals surface area contributed by atoms with Crippen LogP contribution in [0, 0.1) is 0 Å². The highest BCUT2D eigenvalue weighted by Gasteiger charge is 2.43. The Morgan fingerprint density at radius 1 is 1.06 bits per heavy atom. The van der Waals surface area contributed by atoms with Gasteiger partial charge in [0.15, 0.2) is 15.7 Å². The number of halogens is 3. The van der Waals surface area contributed by atoms with Crippen molar-refractivity contribution in [1.29, 1.82) is 0 Å². The molecule has 1 aliphatic heterocycles. The molecule has 0 aliphatic carbocycles. The molecule has 0 spiro atoms. The van der Waals surface area contributed by atoms with Gasteiger partial charge in [-0.25, -0.2) is 17.9 Å². The summed E-state index contributed by atoms with van der Waals surface area (Å²) in [6.07, 6.45) is -1.83. The van der Waals surface area contributed by atoms with Crippen molar-refractivity contribution in [2.24, 2.45) is 0 Å². The Morgan fingerprint density at radius 3 is 2.13 bits per heavy atom. The lowest BCUT2D eigenvalue weighted by Gasteiger charge is -2.24. The minimum Gasteiger partial charge on any atom is -0.437 e. The third-order valence-electron chi connectivity index (χ3n) is 4.85. The van der Waals surface area contributed by atoms with Crippen LogP contribution in [0.1, 0.15) is 31.4 Å². The SMILES string of the molecule is COC(=O)Oc1c(C(F)(F)F)nn(-c2ccc(S(C)(=O)=O)cc2)c1N1CCCCCC1. The van der Waals surface area contributed by atoms with Gasteiger partial charge in [-0.05, 0) is 37.1 Å². The normalized spacial score (nSPS) is 15.5. The van der Waals surface area contributed by atoms with Crippen LogP contribution in [-0.2, 0) is 20.8 Å². The summed E-state index contributed by atoms with van der Waals surface area (Å²) in [5.41, 5.74) is -1.18. The molecule has 0 N–H and O–H groups in total. The molecular formula is C19H22F3N3O5S. The van der Waals surface area contributed by atoms with Crippen LogP contribution < -0.4 is 9.64 Å². The first-order valence-corrected chi connectivity index (χ1v) is 11.4. The Balaban J connectivity index is 2.22. The fourth-order valence-electron chi connectivity index (χ4n) is 3.37. The maximum absolute atomic E-state index is 13.8. The molecule has 170 valence electrons. The number of sulfone groups is 1. The number of alkyl halides is 3. The molecule has 1 aromatic heterocycles. The lowest BCUT2D eigenvalue weighted by molar-refractivity contribution is -0.142. The third kappa shape index (κ3) is 5.12. The van der Waals surface area contributed by atoms with Gasteiger partial charge in [-0.15, -0.1) is 0 Å². The molecule has 8 nitrogen and oxygen atoms in total. The van der Waals surface area contributed by atoms with Crippen molar-refractivity contribution < 1.29 is 35.9 Å². The highest BCUT2D eigenvalue weighted by Crippen LogP contribution is 2.43. The summed E-state index contributed by atoms with van der Waals surface area (Å²) in [6.45, 7) is 0.893. The van der Waals surface area contributed by atoms with E-state index in [1.165, 1.54) is 24.3 Å². The highest BCUT2D eigenvalue weighted by atomic mass is 32.2. The molecule has 1 aromatic carbocycles. The monoisotopic (exact) mass is 461 g/mol. The fraction of sp³-hybridized carbons (Fsp3) is 0.474. The molecular weight excluding hydrogens is 439 g/mol. The van der Waals surface area contributed by atoms with Gasteiger partial charge in [0.2, 0.25) is 11.4 Å². The van der Waals surface area contributed by atoms with E-state index in [1.54, 1.807) is 4.90 Å². The van der Waals surface area contributed by atoms with E-state index in [4.69, 9.17) is 4.74 Å². The minimum absolute atomic E-state index is 0.0156. The molecule has 0 amide bonds. The van der Waals surface area contributed by atoms with Crippen molar-refractivity contribution in [3.63, 3.8) is 0 Å². The Kier molecular flexibility index (Phi) is 6.48. The van der Waals surface area contributed by atoms with Crippen molar-refractivity contribution >= 4 is 21.8 Å². The first kappa shape index (κ1) is 22.9. The van der Waals surface area contributed by atoms with Crippen molar-refractivity contribution in [2.75, 3.05) is 31.4 Å². The number of carbonyl (C=O) groups is 1. The van der Waals surface area contributed by atoms with E-state index in [2.05, 4.69) is 9.84 Å². The molecule has 1 saturated heterocycles. The molecule has 0 unspecified atom stereocenters. The van der Waals surface area contributed by atoms with E-state index in [9.17, 15) is 26.4 Å². The van der Waals surface area contributed by atoms with Gasteiger partial charge < -0.3 is 14.4 Å². The number of anilines is 1. The lowest BCUT2D eigenvalue weighted by atomic mass is 10.2. The summed E-state index contributed by atoms with van der Waals surface area (Å²) < 4.78 is 75.1. The number of aromatic nitrogens is 2. The highest BCUT2D eigenvalue weighted by molar-refractivity contribution is 7.90. The largest absolute Gasteiger partial charge is 0.513 e. The molecule has 1 aliphatic rings. The average molecular weight is 461 g/mol. The topological polar surface area (TPSA) is 90.7 Å². The second-order valence-electron chi connectivity index (χ2n) is 7.13. The average Bonchev–Trinajstić information content (AvgIpc) is 2.88. The first-order valence-electron chi connectivity index (χ1n) is 9.54. The molecule has 12 heteroatoms. The van der Waals surface area contributed by atoms with Crippen molar-refractivity contribution in [3.05, 3.63) is 30.0 Å². The number of ether oxygens (including phenoxy) is 2. The zero-order chi connectivity index (χ0) is 22.8. The van der Waals surface area contributed by atoms with E-state index >= 15 is 0 Å². The summed E-state index contributed by atoms with van der Waals surface area (Å²) in [5.74, 6) is -0.778. The number of methoxy groups -OCH3 is 1. The Bertz CT molecular complexity index is 1040. The van der Waals surface area contributed by atoms with Crippen molar-refractivity contribution in [2.45, 2.75) is 36.8 Å². The van der Waals surface area contributed by atoms with Crippen LogP contribution in [0.5, 0.6) is 5.75 Å². The van der Waals surface area contributed by atoms with Crippen LogP contribution in [0.15, 0.2) is 29.2 Å². The van der Waals surface area contributed by atoms with E-state index in [-0.39, 0.29) is 16.4 Å². The molecule has 1 fully saturated rings. The molecule has 31 heavy (non-hydrogen) atoms. The zero-order valence-electron chi connectivity index (χ0n) is 17.0. The summed E-state index contributed by atoms with van der Waals surface area (Å²) in [6, 6.07) is 5.28. The molecule has 0 saturated carbocycles. The number of hydrogen-bond acceptors (Lipinski definition) is 7. The Labute approximate surface area is 177 Å². The van der Waals surface area contributed by atoms with Gasteiger partial charge in [0, 0.05) is 19.3 Å². The molecule has 0 bridgehead atoms. The van der Waals surface area contributed by atoms with E-state index in [0.29, 0.717) is 13.1 Å². The quantitative estimate of drug-likeness (QED) is 0.640. The summed E-state index contributed by atoms with van der Waals surface area (Å²) >= 11 is 0. The van der Waals surface area contributed by atoms with Gasteiger partial charge in [-0.1, -0.05) is 12.8 Å². The predicted octanol–water partition coefficient (Wildman–Crippen LogP) is 3.82. The predicted molar refractivity (Wildman–Crippen MR) is 105 cm³/mol. The number of rotatable bonds is 4. The zero-order valence-corrected chi connectivity index (χ0v) is 17.8. The number of hydrogen-bond donors (Lipinski definition) is 0. The molecule has 0 radical (unpaired) electrons. The van der Waals surface area contributed by atoms with Gasteiger partial charge in [0.1, 0.15) is 0 Å². The smallest absolute Gasteiger partial charge is 0.437 e. The van der Waals surface area contributed by atoms with E-state index in [1.807, 2.05) is 0 Å². The van der Waals surface area contributed by atoms with E-state index in [0.717, 1.165) is 43.7 Å². The Hall–Kier alpha value is -2.76. The standard InChI is InChI=1S/C19H22F3N3O5S/c1-29-18(26)30-15-16(19(20,21)22)23-25(17(15)24-11-5-3-4-6-12-24)13-7-9-14(10-8-13)31(2,27)28/h7-10H,3-6,11-12H2,1-2H3. The van der Waals surface area contributed by atoms with Gasteiger partial charge in [-0.3, -0.25) is 0 Å². The molecule has 0 atom stereocenters. The molecule has 2 aromatic rings. The maximum atomic E-state index is 13.8. The minimum atomic E-state index is -4.90. The third-order valence-corrected chi connectivity index (χ3v) is 5.98. The van der Waals surface area contributed by atoms with Crippen LogP contribution in [0.4, 0.5) is 23.8 Å². The second kappa shape index (κ2) is 8.77. The van der Waals surface area contributed by atoms with Gasteiger partial charge in [0.05, 0.1) is 17.7 Å². The summed E-state index contributed by atoms with van der Waals surface area (Å²) in [4.78, 5) is 13.4. The first-order chi connectivity index (χ1) is 14.5. The van der Waals surface area contributed by atoms with Gasteiger partial charge in [-0.2, -0.15) is 18.3 Å². The van der Waals surface area contributed by atoms with Crippen LogP contribution in [0.2, 0.25) is 0 Å². The van der Waals surface area contributed by atoms with Gasteiger partial charge in [0.25, 0.3) is 0 Å². The van der Waals surface area contributed by atoms with Crippen molar-refractivity contribution in [3.8, 4) is 11.4 Å². The fourth-order valence-corrected chi connectivity index (χ4v) is 4.00. The van der Waals surface area contributed by atoms with Crippen LogP contribution in [0.25, 0.3) is 5.69 Å². The Morgan fingerprint density at radius 2 is 1.65 bits per heavy atom. The van der Waals surface area contributed by atoms with Crippen molar-refractivity contribution in [1.82, 2.24) is 9.78 Å². The van der Waals surface area contributed by atoms with Gasteiger partial charge >= 0.3 is 12.3 Å². The number of nitrogens with zero attached hydrogens (tertiary/aromatic N) is 3. The number of benzene rings is 1. The van der Waals surface area contributed by atoms with Crippen LogP contribution >= 0.6 is 0 Å². The summed E-state index contributed by atoms with van der Waals surface area (Å²) in [7, 11) is -2.49. The van der Waals surface area contributed by atoms with Crippen LogP contribution in [-0.4, -0.2) is 50.8 Å². The number of carbonyl (C=O) groups excluding carboxylic acids is 1. The van der Waals surface area contributed by atoms with Crippen LogP contribution in [0.3, 0.4) is 0 Å². The molecule has 3 rings (SSSR count). The second-order valence-corrected chi connectivity index (χ2v) is 9.15. The van der Waals surface area contributed by atoms with E-state index < -0.39 is 33.6 Å². The lowest BCUT2D eigenvalue weighted by Crippen LogP contribution is -2.27. The molecule has 2 heterocycles. The summed E-state index contributed by atoms with van der Waals surface area (Å²) in [5, 5.41) is 3.70.